The Labute approximate surface area is 135 Å². The summed E-state index contributed by atoms with van der Waals surface area (Å²) in [5, 5.41) is 10.3. The zero-order chi connectivity index (χ0) is 16.2. The van der Waals surface area contributed by atoms with E-state index in [2.05, 4.69) is 4.72 Å². The van der Waals surface area contributed by atoms with Crippen molar-refractivity contribution in [2.75, 3.05) is 0 Å². The number of halogens is 2. The van der Waals surface area contributed by atoms with Crippen molar-refractivity contribution < 1.29 is 13.5 Å². The number of nitrogens with one attached hydrogen (secondary N) is 1. The van der Waals surface area contributed by atoms with Crippen LogP contribution in [0.2, 0.25) is 10.0 Å². The molecule has 2 N–H and O–H groups in total. The summed E-state index contributed by atoms with van der Waals surface area (Å²) in [6.45, 7) is 6.99. The molecule has 0 radical (unpaired) electrons. The molecule has 0 saturated heterocycles. The molecule has 1 aliphatic rings. The SMILES string of the molecule is Cc1cc(Cl)c(C)c(S(=O)(=O)NC2CC(O)C2(C)C)c1Cl. The van der Waals surface area contributed by atoms with Crippen molar-refractivity contribution in [2.45, 2.75) is 51.2 Å². The highest BCUT2D eigenvalue weighted by Gasteiger charge is 2.49. The van der Waals surface area contributed by atoms with Gasteiger partial charge in [-0.1, -0.05) is 37.0 Å². The Morgan fingerprint density at radius 2 is 1.90 bits per heavy atom. The number of aryl methyl sites for hydroxylation is 1. The second-order valence-electron chi connectivity index (χ2n) is 6.19. The van der Waals surface area contributed by atoms with E-state index in [0.717, 1.165) is 0 Å². The molecule has 0 spiro atoms. The van der Waals surface area contributed by atoms with Gasteiger partial charge in [0, 0.05) is 16.5 Å². The van der Waals surface area contributed by atoms with Gasteiger partial charge in [0.15, 0.2) is 0 Å². The molecule has 0 amide bonds. The lowest BCUT2D eigenvalue weighted by Crippen LogP contribution is -2.61. The molecule has 2 rings (SSSR count). The van der Waals surface area contributed by atoms with E-state index >= 15 is 0 Å². The van der Waals surface area contributed by atoms with Gasteiger partial charge in [-0.15, -0.1) is 0 Å². The highest BCUT2D eigenvalue weighted by Crippen LogP contribution is 2.42. The summed E-state index contributed by atoms with van der Waals surface area (Å²) in [6.07, 6.45) is -0.120. The summed E-state index contributed by atoms with van der Waals surface area (Å²) in [4.78, 5) is 0.0198. The minimum atomic E-state index is -3.80. The van der Waals surface area contributed by atoms with E-state index in [1.807, 2.05) is 13.8 Å². The van der Waals surface area contributed by atoms with Gasteiger partial charge < -0.3 is 5.11 Å². The molecule has 1 saturated carbocycles. The van der Waals surface area contributed by atoms with Crippen molar-refractivity contribution in [2.24, 2.45) is 5.41 Å². The van der Waals surface area contributed by atoms with E-state index < -0.39 is 21.5 Å². The Bertz CT molecular complexity index is 660. The lowest BCUT2D eigenvalue weighted by atomic mass is 9.65. The Morgan fingerprint density at radius 3 is 2.38 bits per heavy atom. The number of rotatable bonds is 3. The minimum Gasteiger partial charge on any atom is -0.392 e. The highest BCUT2D eigenvalue weighted by atomic mass is 35.5. The third-order valence-corrected chi connectivity index (χ3v) is 7.00. The predicted octanol–water partition coefficient (Wildman–Crippen LogP) is 3.05. The summed E-state index contributed by atoms with van der Waals surface area (Å²) in [7, 11) is -3.80. The maximum Gasteiger partial charge on any atom is 0.242 e. The summed E-state index contributed by atoms with van der Waals surface area (Å²) in [6, 6.07) is 1.32. The standard InChI is InChI=1S/C14H19Cl2NO3S/c1-7-5-9(15)8(2)13(12(7)16)21(19,20)17-10-6-11(18)14(10,3)4/h5,10-11,17-18H,6H2,1-4H3. The van der Waals surface area contributed by atoms with Crippen molar-refractivity contribution in [3.63, 3.8) is 0 Å². The highest BCUT2D eigenvalue weighted by molar-refractivity contribution is 7.89. The minimum absolute atomic E-state index is 0.0198. The molecule has 0 heterocycles. The fraction of sp³-hybridized carbons (Fsp3) is 0.571. The van der Waals surface area contributed by atoms with Gasteiger partial charge in [-0.2, -0.15) is 0 Å². The van der Waals surface area contributed by atoms with Crippen LogP contribution >= 0.6 is 23.2 Å². The van der Waals surface area contributed by atoms with E-state index in [9.17, 15) is 13.5 Å². The largest absolute Gasteiger partial charge is 0.392 e. The molecular formula is C14H19Cl2NO3S. The summed E-state index contributed by atoms with van der Waals surface area (Å²) in [5.74, 6) is 0. The van der Waals surface area contributed by atoms with Gasteiger partial charge >= 0.3 is 0 Å². The summed E-state index contributed by atoms with van der Waals surface area (Å²) >= 11 is 12.2. The number of hydrogen-bond acceptors (Lipinski definition) is 3. The normalized spacial score (nSPS) is 24.7. The zero-order valence-electron chi connectivity index (χ0n) is 12.4. The Balaban J connectivity index is 2.42. The Hall–Kier alpha value is -0.330. The maximum atomic E-state index is 12.6. The van der Waals surface area contributed by atoms with Crippen LogP contribution in [0.3, 0.4) is 0 Å². The molecule has 118 valence electrons. The van der Waals surface area contributed by atoms with Gasteiger partial charge in [-0.05, 0) is 37.5 Å². The summed E-state index contributed by atoms with van der Waals surface area (Å²) in [5.41, 5.74) is 0.541. The molecule has 4 nitrogen and oxygen atoms in total. The zero-order valence-corrected chi connectivity index (χ0v) is 14.7. The van der Waals surface area contributed by atoms with Gasteiger partial charge in [0.2, 0.25) is 10.0 Å². The predicted molar refractivity (Wildman–Crippen MR) is 84.5 cm³/mol. The van der Waals surface area contributed by atoms with E-state index in [1.165, 1.54) is 0 Å². The molecule has 1 aromatic rings. The van der Waals surface area contributed by atoms with Crippen molar-refractivity contribution >= 4 is 33.2 Å². The topological polar surface area (TPSA) is 66.4 Å². The first-order valence-electron chi connectivity index (χ1n) is 6.64. The van der Waals surface area contributed by atoms with Crippen molar-refractivity contribution in [1.29, 1.82) is 0 Å². The van der Waals surface area contributed by atoms with Crippen molar-refractivity contribution in [3.8, 4) is 0 Å². The number of hydrogen-bond donors (Lipinski definition) is 2. The van der Waals surface area contributed by atoms with Crippen LogP contribution in [-0.4, -0.2) is 25.7 Å². The summed E-state index contributed by atoms with van der Waals surface area (Å²) < 4.78 is 27.9. The van der Waals surface area contributed by atoms with Crippen LogP contribution < -0.4 is 4.72 Å². The van der Waals surface area contributed by atoms with Gasteiger partial charge in [-0.25, -0.2) is 13.1 Å². The lowest BCUT2D eigenvalue weighted by Gasteiger charge is -2.49. The van der Waals surface area contributed by atoms with E-state index in [-0.39, 0.29) is 16.0 Å². The van der Waals surface area contributed by atoms with Crippen LogP contribution in [0.4, 0.5) is 0 Å². The molecule has 0 aromatic heterocycles. The average Bonchev–Trinajstić information content (AvgIpc) is 2.36. The van der Waals surface area contributed by atoms with Crippen molar-refractivity contribution in [3.05, 3.63) is 27.2 Å². The molecule has 1 aromatic carbocycles. The van der Waals surface area contributed by atoms with Gasteiger partial charge in [0.1, 0.15) is 4.90 Å². The monoisotopic (exact) mass is 351 g/mol. The fourth-order valence-corrected chi connectivity index (χ4v) is 5.10. The molecule has 0 aliphatic heterocycles. The lowest BCUT2D eigenvalue weighted by molar-refractivity contribution is -0.0645. The molecule has 0 bridgehead atoms. The van der Waals surface area contributed by atoms with Crippen molar-refractivity contribution in [1.82, 2.24) is 4.72 Å². The third-order valence-electron chi connectivity index (χ3n) is 4.37. The van der Waals surface area contributed by atoms with Crippen LogP contribution in [-0.2, 0) is 10.0 Å². The average molecular weight is 352 g/mol. The third kappa shape index (κ3) is 2.82. The molecule has 21 heavy (non-hydrogen) atoms. The van der Waals surface area contributed by atoms with Gasteiger partial charge in [0.05, 0.1) is 11.1 Å². The van der Waals surface area contributed by atoms with Crippen LogP contribution in [0.1, 0.15) is 31.4 Å². The molecule has 2 atom stereocenters. The van der Waals surface area contributed by atoms with E-state index in [4.69, 9.17) is 23.2 Å². The molecular weight excluding hydrogens is 333 g/mol. The second-order valence-corrected chi connectivity index (χ2v) is 8.63. The van der Waals surface area contributed by atoms with Crippen LogP contribution in [0, 0.1) is 19.3 Å². The maximum absolute atomic E-state index is 12.6. The van der Waals surface area contributed by atoms with E-state index in [0.29, 0.717) is 22.6 Å². The Kier molecular flexibility index (Phi) is 4.37. The van der Waals surface area contributed by atoms with Crippen LogP contribution in [0.15, 0.2) is 11.0 Å². The number of benzene rings is 1. The quantitative estimate of drug-likeness (QED) is 0.879. The van der Waals surface area contributed by atoms with Crippen LogP contribution in [0.25, 0.3) is 0 Å². The first-order valence-corrected chi connectivity index (χ1v) is 8.88. The molecule has 1 fully saturated rings. The van der Waals surface area contributed by atoms with Gasteiger partial charge in [-0.3, -0.25) is 0 Å². The number of aliphatic hydroxyl groups is 1. The molecule has 1 aliphatic carbocycles. The molecule has 2 unspecified atom stereocenters. The molecule has 7 heteroatoms. The number of aliphatic hydroxyl groups excluding tert-OH is 1. The van der Waals surface area contributed by atoms with E-state index in [1.54, 1.807) is 19.9 Å². The Morgan fingerprint density at radius 1 is 1.33 bits per heavy atom. The first-order chi connectivity index (χ1) is 9.48. The van der Waals surface area contributed by atoms with Crippen LogP contribution in [0.5, 0.6) is 0 Å². The van der Waals surface area contributed by atoms with Gasteiger partial charge in [0.25, 0.3) is 0 Å². The number of sulfonamides is 1. The smallest absolute Gasteiger partial charge is 0.242 e. The first kappa shape index (κ1) is 17.0. The second kappa shape index (κ2) is 5.39. The fourth-order valence-electron chi connectivity index (χ4n) is 2.48.